The van der Waals surface area contributed by atoms with Crippen LogP contribution >= 0.6 is 0 Å². The summed E-state index contributed by atoms with van der Waals surface area (Å²) in [4.78, 5) is 25.1. The van der Waals surface area contributed by atoms with Crippen molar-refractivity contribution < 1.29 is 19.1 Å². The lowest BCUT2D eigenvalue weighted by molar-refractivity contribution is -0.135. The van der Waals surface area contributed by atoms with E-state index in [2.05, 4.69) is 0 Å². The van der Waals surface area contributed by atoms with Gasteiger partial charge < -0.3 is 9.47 Å². The number of benzene rings is 1. The molecule has 0 radical (unpaired) electrons. The van der Waals surface area contributed by atoms with Gasteiger partial charge in [0.1, 0.15) is 11.5 Å². The first kappa shape index (κ1) is 15.6. The number of allylic oxidation sites excluding steroid dienone is 6. The molecule has 1 aromatic rings. The third-order valence-corrected chi connectivity index (χ3v) is 4.81. The van der Waals surface area contributed by atoms with E-state index >= 15 is 0 Å². The van der Waals surface area contributed by atoms with Gasteiger partial charge in [0.05, 0.1) is 11.5 Å². The molecule has 4 aliphatic rings. The van der Waals surface area contributed by atoms with Crippen molar-refractivity contribution in [2.75, 3.05) is 0 Å². The molecule has 2 bridgehead atoms. The van der Waals surface area contributed by atoms with Crippen LogP contribution in [0.3, 0.4) is 0 Å². The Kier molecular flexibility index (Phi) is 3.68. The molecule has 0 amide bonds. The Bertz CT molecular complexity index is 827. The van der Waals surface area contributed by atoms with Crippen molar-refractivity contribution in [1.29, 1.82) is 0 Å². The second kappa shape index (κ2) is 5.88. The fourth-order valence-corrected chi connectivity index (χ4v) is 3.47. The van der Waals surface area contributed by atoms with E-state index in [9.17, 15) is 9.59 Å². The highest BCUT2D eigenvalue weighted by molar-refractivity contribution is 6.01. The topological polar surface area (TPSA) is 52.6 Å². The molecule has 0 saturated carbocycles. The molecule has 0 N–H and O–H groups in total. The van der Waals surface area contributed by atoms with Gasteiger partial charge in [0.25, 0.3) is 5.79 Å². The van der Waals surface area contributed by atoms with Crippen LogP contribution in [0.2, 0.25) is 0 Å². The fraction of sp³-hybridized carbons (Fsp3) is 0.238. The summed E-state index contributed by atoms with van der Waals surface area (Å²) in [5.74, 6) is -0.626. The first-order valence-electron chi connectivity index (χ1n) is 8.39. The van der Waals surface area contributed by atoms with E-state index in [1.165, 1.54) is 0 Å². The van der Waals surface area contributed by atoms with Crippen molar-refractivity contribution >= 4 is 11.6 Å². The van der Waals surface area contributed by atoms with Crippen LogP contribution in [0.25, 0.3) is 0 Å². The molecule has 1 aromatic carbocycles. The summed E-state index contributed by atoms with van der Waals surface area (Å²) >= 11 is 0. The first-order valence-corrected chi connectivity index (χ1v) is 8.39. The third-order valence-electron chi connectivity index (χ3n) is 4.81. The van der Waals surface area contributed by atoms with Gasteiger partial charge in [-0.05, 0) is 30.3 Å². The van der Waals surface area contributed by atoms with Gasteiger partial charge in [0.2, 0.25) is 0 Å². The molecule has 1 atom stereocenters. The van der Waals surface area contributed by atoms with Gasteiger partial charge in [-0.3, -0.25) is 9.59 Å². The highest BCUT2D eigenvalue weighted by Gasteiger charge is 2.51. The van der Waals surface area contributed by atoms with Crippen molar-refractivity contribution in [1.82, 2.24) is 0 Å². The monoisotopic (exact) mass is 334 g/mol. The van der Waals surface area contributed by atoms with Gasteiger partial charge in [0.15, 0.2) is 11.6 Å². The van der Waals surface area contributed by atoms with Crippen molar-refractivity contribution in [2.24, 2.45) is 5.92 Å². The molecule has 5 rings (SSSR count). The van der Waals surface area contributed by atoms with Crippen molar-refractivity contribution in [3.63, 3.8) is 0 Å². The summed E-state index contributed by atoms with van der Waals surface area (Å²) in [5, 5.41) is 0. The lowest BCUT2D eigenvalue weighted by atomic mass is 9.79. The molecule has 126 valence electrons. The fourth-order valence-electron chi connectivity index (χ4n) is 3.47. The Hall–Kier alpha value is -2.88. The van der Waals surface area contributed by atoms with Gasteiger partial charge in [-0.2, -0.15) is 0 Å². The number of ether oxygens (including phenoxy) is 2. The number of hydrogen-bond acceptors (Lipinski definition) is 4. The molecule has 0 spiro atoms. The van der Waals surface area contributed by atoms with Crippen LogP contribution in [-0.2, 0) is 9.59 Å². The van der Waals surface area contributed by atoms with Crippen LogP contribution in [0.1, 0.15) is 19.8 Å². The Morgan fingerprint density at radius 3 is 2.00 bits per heavy atom. The third kappa shape index (κ3) is 2.54. The highest BCUT2D eigenvalue weighted by Crippen LogP contribution is 2.43. The van der Waals surface area contributed by atoms with E-state index in [4.69, 9.17) is 9.47 Å². The maximum Gasteiger partial charge on any atom is 0.288 e. The molecular weight excluding hydrogens is 316 g/mol. The molecule has 0 saturated heterocycles. The summed E-state index contributed by atoms with van der Waals surface area (Å²) in [6, 6.07) is 7.24. The number of carbonyl (C=O) groups excluding carboxylic acids is 2. The largest absolute Gasteiger partial charge is 0.447 e. The maximum atomic E-state index is 12.7. The van der Waals surface area contributed by atoms with Gasteiger partial charge in [0, 0.05) is 18.4 Å². The molecule has 0 fully saturated rings. The van der Waals surface area contributed by atoms with Crippen molar-refractivity contribution in [2.45, 2.75) is 25.6 Å². The number of carbonyl (C=O) groups is 2. The molecule has 4 nitrogen and oxygen atoms in total. The SMILES string of the molecule is CC(C1=CC=CCC1=O)C1(C2=CC=CCC2=O)Oc2ccc(cc2)O1. The van der Waals surface area contributed by atoms with E-state index in [0.29, 0.717) is 35.5 Å². The quantitative estimate of drug-likeness (QED) is 0.846. The lowest BCUT2D eigenvalue weighted by Crippen LogP contribution is -2.53. The number of rotatable bonds is 3. The van der Waals surface area contributed by atoms with Gasteiger partial charge in [-0.25, -0.2) is 0 Å². The van der Waals surface area contributed by atoms with Crippen LogP contribution in [0.5, 0.6) is 11.5 Å². The predicted octanol–water partition coefficient (Wildman–Crippen LogP) is 3.70. The van der Waals surface area contributed by atoms with E-state index in [1.807, 2.05) is 49.4 Å². The Morgan fingerprint density at radius 2 is 1.44 bits per heavy atom. The molecule has 25 heavy (non-hydrogen) atoms. The molecular formula is C21H18O4. The zero-order valence-electron chi connectivity index (χ0n) is 13.9. The summed E-state index contributed by atoms with van der Waals surface area (Å²) in [6.45, 7) is 1.88. The van der Waals surface area contributed by atoms with E-state index < -0.39 is 11.7 Å². The second-order valence-electron chi connectivity index (χ2n) is 6.38. The second-order valence-corrected chi connectivity index (χ2v) is 6.38. The first-order chi connectivity index (χ1) is 12.1. The molecule has 0 aromatic heterocycles. The Labute approximate surface area is 146 Å². The predicted molar refractivity (Wildman–Crippen MR) is 93.3 cm³/mol. The normalized spacial score (nSPS) is 21.8. The highest BCUT2D eigenvalue weighted by atomic mass is 16.7. The van der Waals surface area contributed by atoms with Crippen molar-refractivity contribution in [3.8, 4) is 11.5 Å². The number of fused-ring (bicyclic) bond motifs is 4. The molecule has 4 heteroatoms. The van der Waals surface area contributed by atoms with Crippen molar-refractivity contribution in [3.05, 3.63) is 71.9 Å². The zero-order valence-corrected chi connectivity index (χ0v) is 13.9. The smallest absolute Gasteiger partial charge is 0.288 e. The van der Waals surface area contributed by atoms with Gasteiger partial charge >= 0.3 is 0 Å². The molecule has 2 aliphatic heterocycles. The average Bonchev–Trinajstić information content (AvgIpc) is 2.93. The molecule has 2 heterocycles. The average molecular weight is 334 g/mol. The van der Waals surface area contributed by atoms with Crippen LogP contribution < -0.4 is 9.47 Å². The molecule has 2 aliphatic carbocycles. The number of hydrogen-bond donors (Lipinski definition) is 0. The minimum atomic E-state index is -1.35. The summed E-state index contributed by atoms with van der Waals surface area (Å²) in [6.07, 6.45) is 11.5. The van der Waals surface area contributed by atoms with E-state index in [-0.39, 0.29) is 11.6 Å². The minimum absolute atomic E-state index is 0.0217. The summed E-state index contributed by atoms with van der Waals surface area (Å²) in [7, 11) is 0. The van der Waals surface area contributed by atoms with Gasteiger partial charge in [-0.1, -0.05) is 37.3 Å². The lowest BCUT2D eigenvalue weighted by Gasteiger charge is -2.40. The van der Waals surface area contributed by atoms with Gasteiger partial charge in [-0.15, -0.1) is 0 Å². The van der Waals surface area contributed by atoms with Crippen LogP contribution in [0.4, 0.5) is 0 Å². The summed E-state index contributed by atoms with van der Waals surface area (Å²) in [5.41, 5.74) is 1.04. The number of ketones is 2. The summed E-state index contributed by atoms with van der Waals surface area (Å²) < 4.78 is 12.4. The van der Waals surface area contributed by atoms with Crippen LogP contribution in [0, 0.1) is 5.92 Å². The maximum absolute atomic E-state index is 12.7. The number of Topliss-reactive ketones (excluding diaryl/α,β-unsaturated/α-hetero) is 2. The standard InChI is InChI=1S/C21H18O4/c1-14(17-6-2-4-8-19(17)22)21(18-7-3-5-9-20(18)23)24-15-10-11-16(25-21)13-12-15/h2-7,10-14H,8-9H2,1H3. The van der Waals surface area contributed by atoms with Crippen LogP contribution in [-0.4, -0.2) is 17.4 Å². The minimum Gasteiger partial charge on any atom is -0.447 e. The zero-order chi connectivity index (χ0) is 17.4. The van der Waals surface area contributed by atoms with E-state index in [0.717, 1.165) is 0 Å². The Balaban J connectivity index is 1.86. The molecule has 1 unspecified atom stereocenters. The van der Waals surface area contributed by atoms with E-state index in [1.54, 1.807) is 18.2 Å². The Morgan fingerprint density at radius 1 is 0.880 bits per heavy atom. The van der Waals surface area contributed by atoms with Crippen LogP contribution in [0.15, 0.2) is 71.9 Å².